The van der Waals surface area contributed by atoms with Crippen LogP contribution in [-0.4, -0.2) is 33.9 Å². The molecule has 2 rings (SSSR count). The Morgan fingerprint density at radius 1 is 1.44 bits per heavy atom. The topological polar surface area (TPSA) is 108 Å². The van der Waals surface area contributed by atoms with Gasteiger partial charge in [0, 0.05) is 12.6 Å². The highest BCUT2D eigenvalue weighted by atomic mass is 16.4. The Bertz CT molecular complexity index is 498. The summed E-state index contributed by atoms with van der Waals surface area (Å²) in [5.41, 5.74) is 0.0437. The standard InChI is InChI=1S/C11H11N3O4/c15-9-4-2-7(13-9)10(16)14-8-3-1-6(5-12-8)11(17)18/h1,3,5,7H,2,4H2,(H,13,15)(H,17,18)(H,12,14,16)/t7-/m1/s1. The lowest BCUT2D eigenvalue weighted by Gasteiger charge is -2.10. The van der Waals surface area contributed by atoms with E-state index in [4.69, 9.17) is 5.11 Å². The third kappa shape index (κ3) is 2.62. The molecule has 1 aromatic rings. The van der Waals surface area contributed by atoms with Crippen molar-refractivity contribution in [2.24, 2.45) is 0 Å². The zero-order chi connectivity index (χ0) is 13.1. The SMILES string of the molecule is O=C1CC[C@H](C(=O)Nc2ccc(C(=O)O)cn2)N1. The number of nitrogens with zero attached hydrogens (tertiary/aromatic N) is 1. The van der Waals surface area contributed by atoms with Gasteiger partial charge in [-0.2, -0.15) is 0 Å². The zero-order valence-corrected chi connectivity index (χ0v) is 9.34. The lowest BCUT2D eigenvalue weighted by Crippen LogP contribution is -2.37. The number of aromatic carboxylic acids is 1. The molecule has 3 N–H and O–H groups in total. The lowest BCUT2D eigenvalue weighted by molar-refractivity contribution is -0.122. The van der Waals surface area contributed by atoms with Gasteiger partial charge in [0.15, 0.2) is 0 Å². The monoisotopic (exact) mass is 249 g/mol. The number of carbonyl (C=O) groups is 3. The Kier molecular flexibility index (Phi) is 3.22. The average molecular weight is 249 g/mol. The molecule has 0 radical (unpaired) electrons. The summed E-state index contributed by atoms with van der Waals surface area (Å²) in [6, 6.07) is 2.20. The summed E-state index contributed by atoms with van der Waals surface area (Å²) in [6.45, 7) is 0. The number of carboxylic acid groups (broad SMARTS) is 1. The molecule has 7 nitrogen and oxygen atoms in total. The fourth-order valence-electron chi connectivity index (χ4n) is 1.62. The van der Waals surface area contributed by atoms with Crippen molar-refractivity contribution in [2.75, 3.05) is 5.32 Å². The molecule has 1 aromatic heterocycles. The summed E-state index contributed by atoms with van der Waals surface area (Å²) < 4.78 is 0. The number of carboxylic acids is 1. The van der Waals surface area contributed by atoms with Crippen molar-refractivity contribution in [3.05, 3.63) is 23.9 Å². The summed E-state index contributed by atoms with van der Waals surface area (Å²) in [6.07, 6.45) is 1.95. The smallest absolute Gasteiger partial charge is 0.337 e. The quantitative estimate of drug-likeness (QED) is 0.698. The van der Waals surface area contributed by atoms with E-state index in [9.17, 15) is 14.4 Å². The highest BCUT2D eigenvalue weighted by Gasteiger charge is 2.27. The maximum atomic E-state index is 11.7. The number of carbonyl (C=O) groups excluding carboxylic acids is 2. The second kappa shape index (κ2) is 4.82. The van der Waals surface area contributed by atoms with Gasteiger partial charge >= 0.3 is 5.97 Å². The first-order valence-corrected chi connectivity index (χ1v) is 5.36. The van der Waals surface area contributed by atoms with Gasteiger partial charge in [-0.05, 0) is 18.6 Å². The van der Waals surface area contributed by atoms with Crippen LogP contribution >= 0.6 is 0 Å². The highest BCUT2D eigenvalue weighted by Crippen LogP contribution is 2.10. The molecule has 0 bridgehead atoms. The van der Waals surface area contributed by atoms with Gasteiger partial charge in [0.25, 0.3) is 0 Å². The van der Waals surface area contributed by atoms with Crippen molar-refractivity contribution < 1.29 is 19.5 Å². The first kappa shape index (κ1) is 12.0. The molecule has 1 aliphatic heterocycles. The van der Waals surface area contributed by atoms with Crippen LogP contribution in [0.2, 0.25) is 0 Å². The van der Waals surface area contributed by atoms with Gasteiger partial charge in [0.05, 0.1) is 5.56 Å². The normalized spacial score (nSPS) is 18.2. The third-order valence-electron chi connectivity index (χ3n) is 2.57. The molecule has 0 unspecified atom stereocenters. The molecule has 0 saturated carbocycles. The van der Waals surface area contributed by atoms with Crippen molar-refractivity contribution in [1.29, 1.82) is 0 Å². The molecule has 0 aliphatic carbocycles. The molecule has 1 fully saturated rings. The third-order valence-corrected chi connectivity index (χ3v) is 2.57. The predicted octanol–water partition coefficient (Wildman–Crippen LogP) is -0.00310. The summed E-state index contributed by atoms with van der Waals surface area (Å²) >= 11 is 0. The summed E-state index contributed by atoms with van der Waals surface area (Å²) in [5.74, 6) is -1.32. The van der Waals surface area contributed by atoms with Gasteiger partial charge < -0.3 is 15.7 Å². The number of pyridine rings is 1. The van der Waals surface area contributed by atoms with Crippen LogP contribution in [-0.2, 0) is 9.59 Å². The van der Waals surface area contributed by atoms with E-state index in [-0.39, 0.29) is 23.2 Å². The maximum absolute atomic E-state index is 11.7. The molecule has 94 valence electrons. The first-order chi connectivity index (χ1) is 8.56. The van der Waals surface area contributed by atoms with Crippen LogP contribution in [0.4, 0.5) is 5.82 Å². The number of aromatic nitrogens is 1. The van der Waals surface area contributed by atoms with Gasteiger partial charge in [-0.25, -0.2) is 9.78 Å². The molecular weight excluding hydrogens is 238 g/mol. The van der Waals surface area contributed by atoms with Crippen molar-refractivity contribution in [3.63, 3.8) is 0 Å². The number of rotatable bonds is 3. The van der Waals surface area contributed by atoms with Crippen molar-refractivity contribution in [3.8, 4) is 0 Å². The second-order valence-electron chi connectivity index (χ2n) is 3.89. The minimum Gasteiger partial charge on any atom is -0.478 e. The Balaban J connectivity index is 1.99. The van der Waals surface area contributed by atoms with Crippen LogP contribution in [0.3, 0.4) is 0 Å². The Morgan fingerprint density at radius 3 is 2.72 bits per heavy atom. The predicted molar refractivity (Wildman–Crippen MR) is 61.0 cm³/mol. The molecule has 2 heterocycles. The highest BCUT2D eigenvalue weighted by molar-refractivity contribution is 5.98. The fraction of sp³-hybridized carbons (Fsp3) is 0.273. The second-order valence-corrected chi connectivity index (χ2v) is 3.89. The van der Waals surface area contributed by atoms with E-state index < -0.39 is 12.0 Å². The van der Waals surface area contributed by atoms with E-state index in [2.05, 4.69) is 15.6 Å². The van der Waals surface area contributed by atoms with Gasteiger partial charge in [-0.3, -0.25) is 9.59 Å². The molecule has 18 heavy (non-hydrogen) atoms. The molecule has 0 spiro atoms. The van der Waals surface area contributed by atoms with Gasteiger partial charge in [-0.1, -0.05) is 0 Å². The molecule has 0 aromatic carbocycles. The molecule has 2 amide bonds. The Labute approximate surface area is 102 Å². The first-order valence-electron chi connectivity index (χ1n) is 5.36. The van der Waals surface area contributed by atoms with Crippen molar-refractivity contribution in [1.82, 2.24) is 10.3 Å². The average Bonchev–Trinajstić information content (AvgIpc) is 2.76. The summed E-state index contributed by atoms with van der Waals surface area (Å²) in [4.78, 5) is 37.1. The van der Waals surface area contributed by atoms with Crippen LogP contribution < -0.4 is 10.6 Å². The maximum Gasteiger partial charge on any atom is 0.337 e. The minimum absolute atomic E-state index is 0.0437. The molecule has 1 atom stereocenters. The van der Waals surface area contributed by atoms with Crippen LogP contribution in [0.15, 0.2) is 18.3 Å². The van der Waals surface area contributed by atoms with Crippen LogP contribution in [0, 0.1) is 0 Å². The zero-order valence-electron chi connectivity index (χ0n) is 9.34. The van der Waals surface area contributed by atoms with E-state index in [1.165, 1.54) is 12.1 Å². The minimum atomic E-state index is -1.08. The number of nitrogens with one attached hydrogen (secondary N) is 2. The van der Waals surface area contributed by atoms with Crippen LogP contribution in [0.5, 0.6) is 0 Å². The lowest BCUT2D eigenvalue weighted by atomic mass is 10.2. The summed E-state index contributed by atoms with van der Waals surface area (Å²) in [7, 11) is 0. The molecular formula is C11H11N3O4. The van der Waals surface area contributed by atoms with E-state index in [1.807, 2.05) is 0 Å². The van der Waals surface area contributed by atoms with Crippen LogP contribution in [0.25, 0.3) is 0 Å². The van der Waals surface area contributed by atoms with Gasteiger partial charge in [0.2, 0.25) is 11.8 Å². The fourth-order valence-corrected chi connectivity index (χ4v) is 1.62. The Morgan fingerprint density at radius 2 is 2.22 bits per heavy atom. The van der Waals surface area contributed by atoms with Gasteiger partial charge in [0.1, 0.15) is 11.9 Å². The van der Waals surface area contributed by atoms with E-state index in [1.54, 1.807) is 0 Å². The summed E-state index contributed by atoms with van der Waals surface area (Å²) in [5, 5.41) is 13.7. The van der Waals surface area contributed by atoms with E-state index in [0.29, 0.717) is 12.8 Å². The Hall–Kier alpha value is -2.44. The number of hydrogen-bond donors (Lipinski definition) is 3. The number of hydrogen-bond acceptors (Lipinski definition) is 4. The molecule has 1 aliphatic rings. The molecule has 1 saturated heterocycles. The number of anilines is 1. The van der Waals surface area contributed by atoms with E-state index >= 15 is 0 Å². The van der Waals surface area contributed by atoms with Gasteiger partial charge in [-0.15, -0.1) is 0 Å². The largest absolute Gasteiger partial charge is 0.478 e. The van der Waals surface area contributed by atoms with Crippen molar-refractivity contribution >= 4 is 23.6 Å². The van der Waals surface area contributed by atoms with Crippen LogP contribution in [0.1, 0.15) is 23.2 Å². The molecule has 7 heteroatoms. The van der Waals surface area contributed by atoms with Crippen molar-refractivity contribution in [2.45, 2.75) is 18.9 Å². The van der Waals surface area contributed by atoms with E-state index in [0.717, 1.165) is 6.20 Å². The number of amides is 2.